The molecule has 0 N–H and O–H groups in total. The first-order chi connectivity index (χ1) is 16.7. The van der Waals surface area contributed by atoms with Crippen LogP contribution in [0.15, 0.2) is 103 Å². The predicted octanol–water partition coefficient (Wildman–Crippen LogP) is 6.24. The van der Waals surface area contributed by atoms with Crippen LogP contribution in [0, 0.1) is 22.7 Å². The number of benzene rings is 3. The van der Waals surface area contributed by atoms with E-state index in [1.807, 2.05) is 91.0 Å². The minimum atomic E-state index is 0.00993. The van der Waals surface area contributed by atoms with Crippen molar-refractivity contribution in [1.82, 2.24) is 15.0 Å². The van der Waals surface area contributed by atoms with Crippen LogP contribution >= 0.6 is 0 Å². The summed E-state index contributed by atoms with van der Waals surface area (Å²) in [5.74, 6) is 1.65. The van der Waals surface area contributed by atoms with Gasteiger partial charge < -0.3 is 0 Å². The van der Waals surface area contributed by atoms with Crippen LogP contribution < -0.4 is 0 Å². The molecule has 0 spiro atoms. The van der Waals surface area contributed by atoms with Gasteiger partial charge in [0.15, 0.2) is 17.5 Å². The van der Waals surface area contributed by atoms with E-state index in [4.69, 9.17) is 15.0 Å². The average molecular weight is 438 g/mol. The second-order valence-electron chi connectivity index (χ2n) is 7.97. The maximum absolute atomic E-state index is 9.71. The van der Waals surface area contributed by atoms with Gasteiger partial charge in [-0.2, -0.15) is 10.5 Å². The highest BCUT2D eigenvalue weighted by atomic mass is 15.0. The number of rotatable bonds is 4. The monoisotopic (exact) mass is 437 g/mol. The van der Waals surface area contributed by atoms with Gasteiger partial charge in [0.2, 0.25) is 0 Å². The van der Waals surface area contributed by atoms with Crippen LogP contribution in [0.2, 0.25) is 0 Å². The number of hydrogen-bond acceptors (Lipinski definition) is 5. The van der Waals surface area contributed by atoms with Crippen molar-refractivity contribution in [3.8, 4) is 46.3 Å². The summed E-state index contributed by atoms with van der Waals surface area (Å²) in [5, 5.41) is 19.0. The molecule has 1 atom stereocenters. The molecule has 5 nitrogen and oxygen atoms in total. The molecule has 0 amide bonds. The fraction of sp³-hybridized carbons (Fsp3) is 0.0690. The zero-order valence-corrected chi connectivity index (χ0v) is 18.3. The molecular weight excluding hydrogens is 418 g/mol. The molecule has 1 aromatic heterocycles. The molecule has 34 heavy (non-hydrogen) atoms. The standard InChI is InChI=1S/C29H19N5/c30-18-20-8-7-13-24(14-20)25-15-21(19-31)16-26(17-25)29-33-27(22-9-3-1-4-10-22)32-28(34-29)23-11-5-2-6-12-23/h1-12,14-17,24H,13H2. The molecule has 1 aliphatic carbocycles. The Morgan fingerprint density at radius 1 is 0.676 bits per heavy atom. The lowest BCUT2D eigenvalue weighted by Crippen LogP contribution is -2.03. The topological polar surface area (TPSA) is 86.2 Å². The van der Waals surface area contributed by atoms with Gasteiger partial charge in [0.1, 0.15) is 0 Å². The van der Waals surface area contributed by atoms with E-state index < -0.39 is 0 Å². The third kappa shape index (κ3) is 4.37. The highest BCUT2D eigenvalue weighted by Crippen LogP contribution is 2.32. The van der Waals surface area contributed by atoms with Crippen LogP contribution in [0.1, 0.15) is 23.5 Å². The van der Waals surface area contributed by atoms with Gasteiger partial charge in [-0.05, 0) is 36.3 Å². The van der Waals surface area contributed by atoms with E-state index in [0.717, 1.165) is 28.7 Å². The van der Waals surface area contributed by atoms with Crippen LogP contribution in [-0.2, 0) is 0 Å². The summed E-state index contributed by atoms with van der Waals surface area (Å²) in [6.45, 7) is 0. The fourth-order valence-corrected chi connectivity index (χ4v) is 3.99. The van der Waals surface area contributed by atoms with Crippen molar-refractivity contribution >= 4 is 0 Å². The first kappa shape index (κ1) is 21.0. The van der Waals surface area contributed by atoms with Gasteiger partial charge in [0.05, 0.1) is 17.7 Å². The Hall–Kier alpha value is -4.87. The van der Waals surface area contributed by atoms with Crippen molar-refractivity contribution in [1.29, 1.82) is 10.5 Å². The first-order valence-corrected chi connectivity index (χ1v) is 10.9. The number of nitriles is 2. The number of hydrogen-bond donors (Lipinski definition) is 0. The quantitative estimate of drug-likeness (QED) is 0.377. The van der Waals surface area contributed by atoms with Gasteiger partial charge in [-0.25, -0.2) is 15.0 Å². The Kier molecular flexibility index (Phi) is 5.76. The number of aromatic nitrogens is 3. The molecule has 4 aromatic rings. The zero-order valence-electron chi connectivity index (χ0n) is 18.3. The van der Waals surface area contributed by atoms with E-state index in [0.29, 0.717) is 28.6 Å². The minimum Gasteiger partial charge on any atom is -0.208 e. The van der Waals surface area contributed by atoms with Gasteiger partial charge in [-0.15, -0.1) is 0 Å². The van der Waals surface area contributed by atoms with E-state index in [-0.39, 0.29) is 5.92 Å². The molecule has 0 saturated carbocycles. The molecule has 1 heterocycles. The molecule has 0 bridgehead atoms. The lowest BCUT2D eigenvalue weighted by Gasteiger charge is -2.16. The second kappa shape index (κ2) is 9.32. The van der Waals surface area contributed by atoms with Gasteiger partial charge in [-0.3, -0.25) is 0 Å². The molecule has 1 unspecified atom stereocenters. The maximum atomic E-state index is 9.71. The van der Waals surface area contributed by atoms with Crippen LogP contribution in [0.4, 0.5) is 0 Å². The van der Waals surface area contributed by atoms with Crippen LogP contribution in [0.5, 0.6) is 0 Å². The third-order valence-corrected chi connectivity index (χ3v) is 5.67. The molecule has 160 valence electrons. The summed E-state index contributed by atoms with van der Waals surface area (Å²) in [7, 11) is 0. The van der Waals surface area contributed by atoms with Crippen LogP contribution in [0.3, 0.4) is 0 Å². The third-order valence-electron chi connectivity index (χ3n) is 5.67. The van der Waals surface area contributed by atoms with Crippen molar-refractivity contribution in [3.63, 3.8) is 0 Å². The van der Waals surface area contributed by atoms with Gasteiger partial charge in [0.25, 0.3) is 0 Å². The molecule has 0 saturated heterocycles. The SMILES string of the molecule is N#CC1=CC(c2cc(C#N)cc(-c3nc(-c4ccccc4)nc(-c4ccccc4)n3)c2)CC=C1. The Morgan fingerprint density at radius 2 is 1.26 bits per heavy atom. The summed E-state index contributed by atoms with van der Waals surface area (Å²) in [6.07, 6.45) is 6.53. The van der Waals surface area contributed by atoms with Crippen molar-refractivity contribution < 1.29 is 0 Å². The molecule has 3 aromatic carbocycles. The molecule has 0 fully saturated rings. The second-order valence-corrected chi connectivity index (χ2v) is 7.97. The van der Waals surface area contributed by atoms with Crippen LogP contribution in [-0.4, -0.2) is 15.0 Å². The Labute approximate surface area is 198 Å². The summed E-state index contributed by atoms with van der Waals surface area (Å²) < 4.78 is 0. The lowest BCUT2D eigenvalue weighted by atomic mass is 9.88. The van der Waals surface area contributed by atoms with E-state index in [1.54, 1.807) is 6.07 Å². The van der Waals surface area contributed by atoms with Crippen molar-refractivity contribution in [2.75, 3.05) is 0 Å². The molecule has 0 radical (unpaired) electrons. The minimum absolute atomic E-state index is 0.00993. The van der Waals surface area contributed by atoms with E-state index in [1.165, 1.54) is 0 Å². The summed E-state index contributed by atoms with van der Waals surface area (Å²) >= 11 is 0. The molecular formula is C29H19N5. The molecule has 0 aliphatic heterocycles. The predicted molar refractivity (Wildman–Crippen MR) is 131 cm³/mol. The Morgan fingerprint density at radius 3 is 1.82 bits per heavy atom. The van der Waals surface area contributed by atoms with Gasteiger partial charge in [-0.1, -0.05) is 72.8 Å². The average Bonchev–Trinajstić information content (AvgIpc) is 2.93. The first-order valence-electron chi connectivity index (χ1n) is 10.9. The van der Waals surface area contributed by atoms with Crippen molar-refractivity contribution in [2.45, 2.75) is 12.3 Å². The van der Waals surface area contributed by atoms with E-state index in [9.17, 15) is 10.5 Å². The maximum Gasteiger partial charge on any atom is 0.164 e. The number of allylic oxidation sites excluding steroid dienone is 4. The zero-order chi connectivity index (χ0) is 23.3. The largest absolute Gasteiger partial charge is 0.208 e. The molecule has 5 rings (SSSR count). The van der Waals surface area contributed by atoms with E-state index in [2.05, 4.69) is 12.1 Å². The van der Waals surface area contributed by atoms with Crippen LogP contribution in [0.25, 0.3) is 34.2 Å². The van der Waals surface area contributed by atoms with E-state index >= 15 is 0 Å². The molecule has 5 heteroatoms. The van der Waals surface area contributed by atoms with Gasteiger partial charge in [0, 0.05) is 28.2 Å². The van der Waals surface area contributed by atoms with Crippen molar-refractivity contribution in [3.05, 3.63) is 114 Å². The summed E-state index contributed by atoms with van der Waals surface area (Å²) in [4.78, 5) is 14.3. The molecule has 1 aliphatic rings. The van der Waals surface area contributed by atoms with Crippen molar-refractivity contribution in [2.24, 2.45) is 0 Å². The summed E-state index contributed by atoms with van der Waals surface area (Å²) in [5.41, 5.74) is 4.62. The lowest BCUT2D eigenvalue weighted by molar-refractivity contribution is 0.847. The Balaban J connectivity index is 1.67. The normalized spacial score (nSPS) is 14.6. The summed E-state index contributed by atoms with van der Waals surface area (Å²) in [6, 6.07) is 29.7. The smallest absolute Gasteiger partial charge is 0.164 e. The fourth-order valence-electron chi connectivity index (χ4n) is 3.99. The highest BCUT2D eigenvalue weighted by molar-refractivity contribution is 5.68. The highest BCUT2D eigenvalue weighted by Gasteiger charge is 2.17. The Bertz CT molecular complexity index is 1430. The number of nitrogens with zero attached hydrogens (tertiary/aromatic N) is 5. The van der Waals surface area contributed by atoms with Gasteiger partial charge >= 0.3 is 0 Å².